The summed E-state index contributed by atoms with van der Waals surface area (Å²) < 4.78 is 42.7. The quantitative estimate of drug-likeness (QED) is 0.805. The van der Waals surface area contributed by atoms with Crippen molar-refractivity contribution in [1.82, 2.24) is 9.47 Å². The Labute approximate surface area is 146 Å². The van der Waals surface area contributed by atoms with Crippen molar-refractivity contribution in [3.8, 4) is 0 Å². The summed E-state index contributed by atoms with van der Waals surface area (Å²) in [5, 5.41) is 0.112. The molecule has 0 amide bonds. The fourth-order valence-electron chi connectivity index (χ4n) is 3.21. The van der Waals surface area contributed by atoms with Crippen LogP contribution >= 0.6 is 0 Å². The zero-order valence-corrected chi connectivity index (χ0v) is 15.4. The summed E-state index contributed by atoms with van der Waals surface area (Å²) in [7, 11) is 5.46. The molecule has 0 bridgehead atoms. The van der Waals surface area contributed by atoms with Crippen molar-refractivity contribution in [3.05, 3.63) is 45.2 Å². The Balaban J connectivity index is 2.70. The van der Waals surface area contributed by atoms with Crippen LogP contribution in [0.3, 0.4) is 0 Å². The van der Waals surface area contributed by atoms with Gasteiger partial charge in [0.2, 0.25) is 0 Å². The van der Waals surface area contributed by atoms with E-state index >= 15 is 0 Å². The predicted octanol–water partition coefficient (Wildman–Crippen LogP) is 4.17. The highest BCUT2D eigenvalue weighted by Crippen LogP contribution is 2.38. The van der Waals surface area contributed by atoms with Crippen molar-refractivity contribution >= 4 is 10.9 Å². The van der Waals surface area contributed by atoms with E-state index in [9.17, 15) is 18.0 Å². The van der Waals surface area contributed by atoms with Crippen LogP contribution in [0.25, 0.3) is 10.9 Å². The van der Waals surface area contributed by atoms with Crippen LogP contribution in [0.15, 0.2) is 23.0 Å². The highest BCUT2D eigenvalue weighted by atomic mass is 19.4. The van der Waals surface area contributed by atoms with Gasteiger partial charge in [0.25, 0.3) is 5.56 Å². The van der Waals surface area contributed by atoms with E-state index in [2.05, 4.69) is 0 Å². The van der Waals surface area contributed by atoms with Gasteiger partial charge in [0.05, 0.1) is 11.1 Å². The Bertz CT molecular complexity index is 820. The highest BCUT2D eigenvalue weighted by molar-refractivity contribution is 5.85. The molecule has 0 aliphatic rings. The largest absolute Gasteiger partial charge is 0.417 e. The normalized spacial score (nSPS) is 12.6. The zero-order valence-electron chi connectivity index (χ0n) is 15.4. The summed E-state index contributed by atoms with van der Waals surface area (Å²) in [6, 6.07) is 5.03. The average Bonchev–Trinajstić information content (AvgIpc) is 2.48. The van der Waals surface area contributed by atoms with E-state index in [-0.39, 0.29) is 10.9 Å². The molecule has 0 fully saturated rings. The van der Waals surface area contributed by atoms with Gasteiger partial charge in [-0.2, -0.15) is 13.2 Å². The smallest absolute Gasteiger partial charge is 0.311 e. The summed E-state index contributed by atoms with van der Waals surface area (Å²) in [5.41, 5.74) is -0.343. The minimum atomic E-state index is -4.56. The molecule has 1 aromatic heterocycles. The van der Waals surface area contributed by atoms with Crippen molar-refractivity contribution in [1.29, 1.82) is 0 Å². The lowest BCUT2D eigenvalue weighted by Gasteiger charge is -2.20. The molecule has 0 atom stereocenters. The minimum absolute atomic E-state index is 0.112. The van der Waals surface area contributed by atoms with E-state index in [0.29, 0.717) is 11.9 Å². The minimum Gasteiger partial charge on any atom is -0.311 e. The van der Waals surface area contributed by atoms with Crippen LogP contribution in [0.4, 0.5) is 13.2 Å². The van der Waals surface area contributed by atoms with E-state index in [1.807, 2.05) is 25.1 Å². The molecule has 138 valence electrons. The molecule has 25 heavy (non-hydrogen) atoms. The lowest BCUT2D eigenvalue weighted by molar-refractivity contribution is -0.137. The maximum atomic E-state index is 13.8. The summed E-state index contributed by atoms with van der Waals surface area (Å²) in [5.74, 6) is -0.503. The van der Waals surface area contributed by atoms with Crippen LogP contribution in [-0.4, -0.2) is 30.1 Å². The molecule has 6 heteroatoms. The Kier molecular flexibility index (Phi) is 5.62. The number of benzene rings is 1. The zero-order chi connectivity index (χ0) is 18.9. The van der Waals surface area contributed by atoms with Crippen molar-refractivity contribution in [2.45, 2.75) is 38.8 Å². The summed E-state index contributed by atoms with van der Waals surface area (Å²) in [6.07, 6.45) is -3.00. The summed E-state index contributed by atoms with van der Waals surface area (Å²) >= 11 is 0. The number of hydrogen-bond donors (Lipinski definition) is 0. The second-order valence-electron chi connectivity index (χ2n) is 7.06. The highest BCUT2D eigenvalue weighted by Gasteiger charge is 2.38. The van der Waals surface area contributed by atoms with Gasteiger partial charge in [-0.1, -0.05) is 19.9 Å². The molecule has 1 heterocycles. The van der Waals surface area contributed by atoms with E-state index < -0.39 is 23.2 Å². The van der Waals surface area contributed by atoms with E-state index in [1.54, 1.807) is 26.0 Å². The molecule has 1 aromatic carbocycles. The second kappa shape index (κ2) is 7.20. The number of alkyl halides is 3. The van der Waals surface area contributed by atoms with Gasteiger partial charge < -0.3 is 9.47 Å². The first-order chi connectivity index (χ1) is 11.5. The standard InChI is InChI=1S/C19H25F3N2O/c1-12(2)16-17(19(20,21)22)14-11-13(7-6-10-23(3)4)8-9-15(14)24(5)18(16)25/h8-9,11-12H,6-7,10H2,1-5H3. The van der Waals surface area contributed by atoms with Crippen molar-refractivity contribution in [2.75, 3.05) is 20.6 Å². The van der Waals surface area contributed by atoms with E-state index in [4.69, 9.17) is 0 Å². The summed E-state index contributed by atoms with van der Waals surface area (Å²) in [6.45, 7) is 4.12. The number of hydrogen-bond acceptors (Lipinski definition) is 2. The van der Waals surface area contributed by atoms with Gasteiger partial charge >= 0.3 is 6.18 Å². The number of rotatable bonds is 5. The third-order valence-electron chi connectivity index (χ3n) is 4.43. The second-order valence-corrected chi connectivity index (χ2v) is 7.06. The lowest BCUT2D eigenvalue weighted by atomic mass is 9.93. The van der Waals surface area contributed by atoms with Crippen molar-refractivity contribution in [2.24, 2.45) is 7.05 Å². The van der Waals surface area contributed by atoms with Gasteiger partial charge in [0.1, 0.15) is 0 Å². The fourth-order valence-corrected chi connectivity index (χ4v) is 3.21. The maximum Gasteiger partial charge on any atom is 0.417 e. The molecule has 0 aliphatic carbocycles. The van der Waals surface area contributed by atoms with Gasteiger partial charge in [0, 0.05) is 18.0 Å². The van der Waals surface area contributed by atoms with Crippen LogP contribution < -0.4 is 5.56 Å². The van der Waals surface area contributed by atoms with Crippen molar-refractivity contribution < 1.29 is 13.2 Å². The van der Waals surface area contributed by atoms with Gasteiger partial charge in [0.15, 0.2) is 0 Å². The topological polar surface area (TPSA) is 25.2 Å². The average molecular weight is 354 g/mol. The van der Waals surface area contributed by atoms with Crippen LogP contribution in [0.2, 0.25) is 0 Å². The Morgan fingerprint density at radius 2 is 1.84 bits per heavy atom. The van der Waals surface area contributed by atoms with Crippen LogP contribution in [-0.2, 0) is 19.6 Å². The third-order valence-corrected chi connectivity index (χ3v) is 4.43. The number of aromatic nitrogens is 1. The van der Waals surface area contributed by atoms with Gasteiger partial charge in [-0.15, -0.1) is 0 Å². The number of halogens is 3. The first-order valence-corrected chi connectivity index (χ1v) is 8.41. The molecule has 0 aliphatic heterocycles. The van der Waals surface area contributed by atoms with Crippen LogP contribution in [0.5, 0.6) is 0 Å². The Hall–Kier alpha value is -1.82. The first-order valence-electron chi connectivity index (χ1n) is 8.41. The number of aryl methyl sites for hydroxylation is 2. The molecule has 0 unspecified atom stereocenters. The predicted molar refractivity (Wildman–Crippen MR) is 95.2 cm³/mol. The number of nitrogens with zero attached hydrogens (tertiary/aromatic N) is 2. The van der Waals surface area contributed by atoms with Gasteiger partial charge in [-0.3, -0.25) is 4.79 Å². The summed E-state index contributed by atoms with van der Waals surface area (Å²) in [4.78, 5) is 14.5. The SMILES string of the molecule is CC(C)c1c(C(F)(F)F)c2cc(CCCN(C)C)ccc2n(C)c1=O. The molecule has 0 spiro atoms. The van der Waals surface area contributed by atoms with Crippen molar-refractivity contribution in [3.63, 3.8) is 0 Å². The van der Waals surface area contributed by atoms with Crippen LogP contribution in [0, 0.1) is 0 Å². The van der Waals surface area contributed by atoms with Crippen LogP contribution in [0.1, 0.15) is 42.9 Å². The Morgan fingerprint density at radius 1 is 1.20 bits per heavy atom. The molecular formula is C19H25F3N2O. The third kappa shape index (κ3) is 4.06. The maximum absolute atomic E-state index is 13.8. The molecule has 0 radical (unpaired) electrons. The first kappa shape index (κ1) is 19.5. The van der Waals surface area contributed by atoms with E-state index in [0.717, 1.165) is 18.5 Å². The van der Waals surface area contributed by atoms with E-state index in [1.165, 1.54) is 11.6 Å². The monoisotopic (exact) mass is 354 g/mol. The van der Waals surface area contributed by atoms with Gasteiger partial charge in [-0.05, 0) is 57.1 Å². The number of pyridine rings is 1. The Morgan fingerprint density at radius 3 is 2.36 bits per heavy atom. The van der Waals surface area contributed by atoms with Gasteiger partial charge in [-0.25, -0.2) is 0 Å². The molecule has 3 nitrogen and oxygen atoms in total. The fraction of sp³-hybridized carbons (Fsp3) is 0.526. The lowest BCUT2D eigenvalue weighted by Crippen LogP contribution is -2.28. The molecule has 2 aromatic rings. The molecule has 0 saturated carbocycles. The molecule has 0 N–H and O–H groups in total. The number of fused-ring (bicyclic) bond motifs is 1. The molecule has 0 saturated heterocycles. The molecule has 2 rings (SSSR count). The molecular weight excluding hydrogens is 329 g/mol.